The number of aromatic amines is 1. The second-order valence-corrected chi connectivity index (χ2v) is 7.18. The van der Waals surface area contributed by atoms with E-state index < -0.39 is 0 Å². The Bertz CT molecular complexity index is 864. The minimum Gasteiger partial charge on any atom is -0.494 e. The van der Waals surface area contributed by atoms with Crippen LogP contribution in [0.4, 0.5) is 5.69 Å². The summed E-state index contributed by atoms with van der Waals surface area (Å²) in [5.41, 5.74) is 3.11. The first-order valence-electron chi connectivity index (χ1n) is 9.88. The number of nitrogens with zero attached hydrogens (tertiary/aromatic N) is 2. The Morgan fingerprint density at radius 1 is 1.38 bits per heavy atom. The van der Waals surface area contributed by atoms with Gasteiger partial charge in [0.25, 0.3) is 5.91 Å². The molecule has 156 valence electrons. The molecule has 0 spiro atoms. The number of amides is 2. The third-order valence-electron chi connectivity index (χ3n) is 5.07. The number of hydrogen-bond donors (Lipinski definition) is 2. The molecule has 1 aromatic carbocycles. The number of carbonyl (C=O) groups is 2. The lowest BCUT2D eigenvalue weighted by Crippen LogP contribution is -2.39. The molecule has 8 heteroatoms. The number of H-pyrrole nitrogens is 1. The molecular formula is C21H28N4O4. The molecule has 0 aliphatic carbocycles. The lowest BCUT2D eigenvalue weighted by atomic mass is 9.93. The molecule has 2 aromatic rings. The SMILES string of the molecule is CCOc1cc(C(=O)N2CCC[C@H](c3[nH]ncc3NC(=O)COC)C2)ccc1C. The normalized spacial score (nSPS) is 16.5. The van der Waals surface area contributed by atoms with Crippen LogP contribution in [0, 0.1) is 6.92 Å². The number of rotatable bonds is 7. The van der Waals surface area contributed by atoms with Crippen LogP contribution in [-0.2, 0) is 9.53 Å². The number of piperidine rings is 1. The van der Waals surface area contributed by atoms with Crippen LogP contribution in [0.5, 0.6) is 5.75 Å². The molecule has 2 amide bonds. The quantitative estimate of drug-likeness (QED) is 0.745. The lowest BCUT2D eigenvalue weighted by molar-refractivity contribution is -0.119. The van der Waals surface area contributed by atoms with Crippen LogP contribution >= 0.6 is 0 Å². The average Bonchev–Trinajstić information content (AvgIpc) is 3.17. The Balaban J connectivity index is 1.73. The van der Waals surface area contributed by atoms with Crippen LogP contribution in [0.15, 0.2) is 24.4 Å². The Morgan fingerprint density at radius 3 is 2.97 bits per heavy atom. The van der Waals surface area contributed by atoms with Gasteiger partial charge in [0, 0.05) is 31.7 Å². The summed E-state index contributed by atoms with van der Waals surface area (Å²) in [6.45, 7) is 5.69. The number of ether oxygens (including phenoxy) is 2. The van der Waals surface area contributed by atoms with Crippen LogP contribution in [0.1, 0.15) is 47.3 Å². The topological polar surface area (TPSA) is 96.5 Å². The van der Waals surface area contributed by atoms with Gasteiger partial charge in [0.15, 0.2) is 0 Å². The standard InChI is InChI=1S/C21H28N4O4/c1-4-29-18-10-15(8-7-14(18)2)21(27)25-9-5-6-16(12-25)20-17(11-22-24-20)23-19(26)13-28-3/h7-8,10-11,16H,4-6,9,12-13H2,1-3H3,(H,22,24)(H,23,26)/t16-/m0/s1. The number of aryl methyl sites for hydroxylation is 1. The zero-order valence-electron chi connectivity index (χ0n) is 17.2. The van der Waals surface area contributed by atoms with Crippen molar-refractivity contribution in [2.45, 2.75) is 32.6 Å². The fraction of sp³-hybridized carbons (Fsp3) is 0.476. The highest BCUT2D eigenvalue weighted by molar-refractivity contribution is 5.95. The summed E-state index contributed by atoms with van der Waals surface area (Å²) in [4.78, 5) is 26.8. The van der Waals surface area contributed by atoms with Crippen molar-refractivity contribution in [1.29, 1.82) is 0 Å². The summed E-state index contributed by atoms with van der Waals surface area (Å²) in [7, 11) is 1.47. The first kappa shape index (κ1) is 20.9. The molecule has 0 bridgehead atoms. The highest BCUT2D eigenvalue weighted by Crippen LogP contribution is 2.31. The van der Waals surface area contributed by atoms with Gasteiger partial charge in [-0.05, 0) is 44.4 Å². The minimum atomic E-state index is -0.234. The molecule has 3 rings (SSSR count). The largest absolute Gasteiger partial charge is 0.494 e. The zero-order valence-corrected chi connectivity index (χ0v) is 17.2. The molecule has 0 saturated carbocycles. The van der Waals surface area contributed by atoms with Crippen molar-refractivity contribution in [3.05, 3.63) is 41.2 Å². The number of likely N-dealkylation sites (tertiary alicyclic amines) is 1. The van der Waals surface area contributed by atoms with Crippen molar-refractivity contribution in [3.8, 4) is 5.75 Å². The van der Waals surface area contributed by atoms with Gasteiger partial charge in [-0.15, -0.1) is 0 Å². The van der Waals surface area contributed by atoms with Crippen LogP contribution in [0.2, 0.25) is 0 Å². The Hall–Kier alpha value is -2.87. The first-order valence-corrected chi connectivity index (χ1v) is 9.88. The van der Waals surface area contributed by atoms with E-state index in [0.29, 0.717) is 30.9 Å². The number of methoxy groups -OCH3 is 1. The maximum absolute atomic E-state index is 13.1. The molecule has 0 radical (unpaired) electrons. The highest BCUT2D eigenvalue weighted by Gasteiger charge is 2.28. The smallest absolute Gasteiger partial charge is 0.254 e. The van der Waals surface area contributed by atoms with E-state index in [1.165, 1.54) is 7.11 Å². The van der Waals surface area contributed by atoms with E-state index >= 15 is 0 Å². The molecule has 0 unspecified atom stereocenters. The molecule has 1 atom stereocenters. The minimum absolute atomic E-state index is 0.0138. The predicted octanol–water partition coefficient (Wildman–Crippen LogP) is 2.72. The molecule has 1 saturated heterocycles. The fourth-order valence-electron chi connectivity index (χ4n) is 3.65. The molecule has 1 aliphatic heterocycles. The molecule has 1 aromatic heterocycles. The summed E-state index contributed by atoms with van der Waals surface area (Å²) in [6, 6.07) is 5.58. The molecule has 1 aliphatic rings. The molecule has 2 heterocycles. The van der Waals surface area contributed by atoms with Gasteiger partial charge in [-0.1, -0.05) is 6.07 Å². The first-order chi connectivity index (χ1) is 14.0. The van der Waals surface area contributed by atoms with Crippen molar-refractivity contribution in [2.75, 3.05) is 38.7 Å². The van der Waals surface area contributed by atoms with E-state index in [1.54, 1.807) is 6.20 Å². The van der Waals surface area contributed by atoms with Gasteiger partial charge in [0.1, 0.15) is 12.4 Å². The summed E-state index contributed by atoms with van der Waals surface area (Å²) in [5, 5.41) is 9.89. The third kappa shape index (κ3) is 4.95. The number of hydrogen-bond acceptors (Lipinski definition) is 5. The van der Waals surface area contributed by atoms with E-state index in [9.17, 15) is 9.59 Å². The summed E-state index contributed by atoms with van der Waals surface area (Å²) < 4.78 is 10.5. The highest BCUT2D eigenvalue weighted by atomic mass is 16.5. The number of aromatic nitrogens is 2. The van der Waals surface area contributed by atoms with Crippen molar-refractivity contribution >= 4 is 17.5 Å². The fourth-order valence-corrected chi connectivity index (χ4v) is 3.65. The second-order valence-electron chi connectivity index (χ2n) is 7.18. The van der Waals surface area contributed by atoms with E-state index in [-0.39, 0.29) is 24.3 Å². The van der Waals surface area contributed by atoms with Crippen LogP contribution < -0.4 is 10.1 Å². The Morgan fingerprint density at radius 2 is 2.21 bits per heavy atom. The van der Waals surface area contributed by atoms with Crippen LogP contribution in [-0.4, -0.2) is 60.3 Å². The zero-order chi connectivity index (χ0) is 20.8. The van der Waals surface area contributed by atoms with Gasteiger partial charge in [-0.25, -0.2) is 0 Å². The summed E-state index contributed by atoms with van der Waals surface area (Å²) >= 11 is 0. The molecular weight excluding hydrogens is 372 g/mol. The van der Waals surface area contributed by atoms with Gasteiger partial charge in [-0.2, -0.15) is 5.10 Å². The maximum atomic E-state index is 13.1. The van der Waals surface area contributed by atoms with Gasteiger partial charge in [-0.3, -0.25) is 14.7 Å². The number of nitrogens with one attached hydrogen (secondary N) is 2. The second kappa shape index (κ2) is 9.56. The predicted molar refractivity (Wildman–Crippen MR) is 109 cm³/mol. The van der Waals surface area contributed by atoms with E-state index in [4.69, 9.17) is 9.47 Å². The third-order valence-corrected chi connectivity index (χ3v) is 5.07. The lowest BCUT2D eigenvalue weighted by Gasteiger charge is -2.33. The van der Waals surface area contributed by atoms with E-state index in [0.717, 1.165) is 29.8 Å². The number of benzene rings is 1. The molecule has 1 fully saturated rings. The van der Waals surface area contributed by atoms with E-state index in [1.807, 2.05) is 36.9 Å². The van der Waals surface area contributed by atoms with E-state index in [2.05, 4.69) is 15.5 Å². The monoisotopic (exact) mass is 400 g/mol. The number of carbonyl (C=O) groups excluding carboxylic acids is 2. The van der Waals surface area contributed by atoms with Gasteiger partial charge in [0.05, 0.1) is 24.2 Å². The van der Waals surface area contributed by atoms with Crippen LogP contribution in [0.25, 0.3) is 0 Å². The average molecular weight is 400 g/mol. The molecule has 29 heavy (non-hydrogen) atoms. The number of anilines is 1. The van der Waals surface area contributed by atoms with Gasteiger partial charge >= 0.3 is 0 Å². The summed E-state index contributed by atoms with van der Waals surface area (Å²) in [5.74, 6) is 0.565. The van der Waals surface area contributed by atoms with Gasteiger partial charge < -0.3 is 19.7 Å². The Labute approximate surface area is 170 Å². The maximum Gasteiger partial charge on any atom is 0.254 e. The van der Waals surface area contributed by atoms with Crippen molar-refractivity contribution in [1.82, 2.24) is 15.1 Å². The molecule has 8 nitrogen and oxygen atoms in total. The van der Waals surface area contributed by atoms with Crippen LogP contribution in [0.3, 0.4) is 0 Å². The van der Waals surface area contributed by atoms with Crippen molar-refractivity contribution in [3.63, 3.8) is 0 Å². The van der Waals surface area contributed by atoms with Crippen molar-refractivity contribution in [2.24, 2.45) is 0 Å². The summed E-state index contributed by atoms with van der Waals surface area (Å²) in [6.07, 6.45) is 3.39. The van der Waals surface area contributed by atoms with Crippen molar-refractivity contribution < 1.29 is 19.1 Å². The Kier molecular flexibility index (Phi) is 6.87. The van der Waals surface area contributed by atoms with Gasteiger partial charge in [0.2, 0.25) is 5.91 Å². The molecule has 2 N–H and O–H groups in total.